The largest absolute Gasteiger partial charge is 0.349 e. The van der Waals surface area contributed by atoms with Crippen LogP contribution in [0.2, 0.25) is 0 Å². The second-order valence-electron chi connectivity index (χ2n) is 5.24. The minimum Gasteiger partial charge on any atom is -0.349 e. The maximum absolute atomic E-state index is 12.5. The predicted octanol–water partition coefficient (Wildman–Crippen LogP) is 2.23. The van der Waals surface area contributed by atoms with Crippen molar-refractivity contribution in [3.63, 3.8) is 0 Å². The van der Waals surface area contributed by atoms with Crippen LogP contribution >= 0.6 is 0 Å². The van der Waals surface area contributed by atoms with Crippen LogP contribution in [0.4, 0.5) is 0 Å². The summed E-state index contributed by atoms with van der Waals surface area (Å²) in [6.07, 6.45) is 5.83. The highest BCUT2D eigenvalue weighted by atomic mass is 32.2. The van der Waals surface area contributed by atoms with E-state index in [0.29, 0.717) is 13.2 Å². The molecule has 0 spiro atoms. The van der Waals surface area contributed by atoms with Gasteiger partial charge in [0, 0.05) is 18.0 Å². The molecule has 0 saturated carbocycles. The normalized spacial score (nSPS) is 16.5. The zero-order chi connectivity index (χ0) is 17.0. The molecule has 24 heavy (non-hydrogen) atoms. The number of hydrogen-bond donors (Lipinski definition) is 0. The molecule has 1 fully saturated rings. The summed E-state index contributed by atoms with van der Waals surface area (Å²) in [6, 6.07) is 9.52. The van der Waals surface area contributed by atoms with Crippen molar-refractivity contribution in [2.75, 3.05) is 13.2 Å². The summed E-state index contributed by atoms with van der Waals surface area (Å²) in [4.78, 5) is 12.3. The number of hydrogen-bond acceptors (Lipinski definition) is 5. The van der Waals surface area contributed by atoms with Gasteiger partial charge in [-0.15, -0.1) is 0 Å². The maximum atomic E-state index is 12.5. The van der Waals surface area contributed by atoms with E-state index in [1.807, 2.05) is 0 Å². The molecule has 0 radical (unpaired) electrons. The van der Waals surface area contributed by atoms with Gasteiger partial charge in [0.15, 0.2) is 12.1 Å². The van der Waals surface area contributed by atoms with Gasteiger partial charge in [-0.25, -0.2) is 12.4 Å². The summed E-state index contributed by atoms with van der Waals surface area (Å²) in [7, 11) is -3.70. The molecule has 1 aliphatic heterocycles. The first-order valence-corrected chi connectivity index (χ1v) is 8.96. The lowest BCUT2D eigenvalue weighted by Crippen LogP contribution is -2.22. The van der Waals surface area contributed by atoms with E-state index in [1.54, 1.807) is 18.2 Å². The molecule has 0 bridgehead atoms. The lowest BCUT2D eigenvalue weighted by atomic mass is 10.2. The smallest absolute Gasteiger partial charge is 0.267 e. The number of ketones is 1. The highest BCUT2D eigenvalue weighted by Crippen LogP contribution is 2.15. The van der Waals surface area contributed by atoms with Gasteiger partial charge in [-0.3, -0.25) is 4.79 Å². The molecule has 0 N–H and O–H groups in total. The SMILES string of the molecule is O=C(/C=C/C1OCCCO1)c1ccn(S(=O)(=O)c2ccccc2)c1. The molecule has 0 unspecified atom stereocenters. The van der Waals surface area contributed by atoms with Gasteiger partial charge in [0.05, 0.1) is 18.1 Å². The fourth-order valence-electron chi connectivity index (χ4n) is 2.27. The van der Waals surface area contributed by atoms with Crippen molar-refractivity contribution in [1.29, 1.82) is 0 Å². The zero-order valence-corrected chi connectivity index (χ0v) is 13.7. The Morgan fingerprint density at radius 2 is 1.83 bits per heavy atom. The van der Waals surface area contributed by atoms with E-state index in [4.69, 9.17) is 9.47 Å². The van der Waals surface area contributed by atoms with Crippen molar-refractivity contribution in [1.82, 2.24) is 3.97 Å². The Morgan fingerprint density at radius 1 is 1.12 bits per heavy atom. The molecule has 3 rings (SSSR count). The molecule has 0 aliphatic carbocycles. The van der Waals surface area contributed by atoms with Crippen LogP contribution in [-0.2, 0) is 19.5 Å². The molecule has 2 aromatic rings. The number of nitrogens with zero attached hydrogens (tertiary/aromatic N) is 1. The van der Waals surface area contributed by atoms with Crippen LogP contribution < -0.4 is 0 Å². The summed E-state index contributed by atoms with van der Waals surface area (Å²) in [6.45, 7) is 1.18. The summed E-state index contributed by atoms with van der Waals surface area (Å²) in [5.41, 5.74) is 0.279. The minimum atomic E-state index is -3.70. The summed E-state index contributed by atoms with van der Waals surface area (Å²) < 4.78 is 36.6. The Morgan fingerprint density at radius 3 is 2.54 bits per heavy atom. The van der Waals surface area contributed by atoms with Crippen molar-refractivity contribution in [3.8, 4) is 0 Å². The second kappa shape index (κ2) is 7.12. The van der Waals surface area contributed by atoms with Gasteiger partial charge in [0.25, 0.3) is 10.0 Å². The summed E-state index contributed by atoms with van der Waals surface area (Å²) >= 11 is 0. The van der Waals surface area contributed by atoms with E-state index in [0.717, 1.165) is 10.4 Å². The first-order valence-electron chi connectivity index (χ1n) is 7.52. The van der Waals surface area contributed by atoms with Crippen molar-refractivity contribution in [2.24, 2.45) is 0 Å². The van der Waals surface area contributed by atoms with Crippen LogP contribution in [0.25, 0.3) is 0 Å². The standard InChI is InChI=1S/C17H17NO5S/c19-16(7-8-17-22-11-4-12-23-17)14-9-10-18(13-14)24(20,21)15-5-2-1-3-6-15/h1-3,5-10,13,17H,4,11-12H2/b8-7+. The Hall–Kier alpha value is -2.22. The highest BCUT2D eigenvalue weighted by Gasteiger charge is 2.18. The average Bonchev–Trinajstić information content (AvgIpc) is 3.12. The first kappa shape index (κ1) is 16.6. The Balaban J connectivity index is 1.75. The zero-order valence-electron chi connectivity index (χ0n) is 12.9. The van der Waals surface area contributed by atoms with Gasteiger partial charge in [-0.05, 0) is 36.8 Å². The fraction of sp³-hybridized carbons (Fsp3) is 0.235. The van der Waals surface area contributed by atoms with Crippen LogP contribution in [0, 0.1) is 0 Å². The molecule has 1 saturated heterocycles. The second-order valence-corrected chi connectivity index (χ2v) is 7.08. The van der Waals surface area contributed by atoms with Crippen LogP contribution in [0.3, 0.4) is 0 Å². The van der Waals surface area contributed by atoms with E-state index in [-0.39, 0.29) is 16.2 Å². The third-order valence-electron chi connectivity index (χ3n) is 3.53. The molecule has 0 atom stereocenters. The molecule has 2 heterocycles. The molecule has 1 aromatic carbocycles. The Labute approximate surface area is 140 Å². The van der Waals surface area contributed by atoms with Crippen molar-refractivity contribution in [2.45, 2.75) is 17.6 Å². The van der Waals surface area contributed by atoms with Crippen LogP contribution in [-0.4, -0.2) is 37.7 Å². The van der Waals surface area contributed by atoms with E-state index in [2.05, 4.69) is 0 Å². The third-order valence-corrected chi connectivity index (χ3v) is 5.18. The van der Waals surface area contributed by atoms with E-state index in [1.165, 1.54) is 42.7 Å². The lowest BCUT2D eigenvalue weighted by molar-refractivity contribution is -0.149. The van der Waals surface area contributed by atoms with Gasteiger partial charge in [-0.2, -0.15) is 0 Å². The van der Waals surface area contributed by atoms with E-state index in [9.17, 15) is 13.2 Å². The molecular weight excluding hydrogens is 330 g/mol. The van der Waals surface area contributed by atoms with E-state index < -0.39 is 16.3 Å². The number of carbonyl (C=O) groups is 1. The number of allylic oxidation sites excluding steroid dienone is 1. The van der Waals surface area contributed by atoms with Gasteiger partial charge in [0.2, 0.25) is 0 Å². The van der Waals surface area contributed by atoms with Crippen molar-refractivity contribution < 1.29 is 22.7 Å². The Kier molecular flexibility index (Phi) is 4.94. The van der Waals surface area contributed by atoms with Crippen LogP contribution in [0.5, 0.6) is 0 Å². The third kappa shape index (κ3) is 3.64. The molecule has 7 heteroatoms. The van der Waals surface area contributed by atoms with Crippen LogP contribution in [0.15, 0.2) is 65.8 Å². The number of aromatic nitrogens is 1. The topological polar surface area (TPSA) is 74.6 Å². The lowest BCUT2D eigenvalue weighted by Gasteiger charge is -2.19. The number of carbonyl (C=O) groups excluding carboxylic acids is 1. The first-order chi connectivity index (χ1) is 11.6. The maximum Gasteiger partial charge on any atom is 0.267 e. The quantitative estimate of drug-likeness (QED) is 0.612. The van der Waals surface area contributed by atoms with Crippen LogP contribution in [0.1, 0.15) is 16.8 Å². The Bertz CT molecular complexity index is 833. The van der Waals surface area contributed by atoms with E-state index >= 15 is 0 Å². The average molecular weight is 347 g/mol. The predicted molar refractivity (Wildman–Crippen MR) is 87.2 cm³/mol. The monoisotopic (exact) mass is 347 g/mol. The van der Waals surface area contributed by atoms with Gasteiger partial charge in [0.1, 0.15) is 0 Å². The number of ether oxygens (including phenoxy) is 2. The molecular formula is C17H17NO5S. The number of benzene rings is 1. The van der Waals surface area contributed by atoms with Gasteiger partial charge >= 0.3 is 0 Å². The molecule has 6 nitrogen and oxygen atoms in total. The molecule has 1 aliphatic rings. The molecule has 0 amide bonds. The summed E-state index contributed by atoms with van der Waals surface area (Å²) in [5, 5.41) is 0. The highest BCUT2D eigenvalue weighted by molar-refractivity contribution is 7.90. The minimum absolute atomic E-state index is 0.166. The fourth-order valence-corrected chi connectivity index (χ4v) is 3.48. The van der Waals surface area contributed by atoms with Crippen molar-refractivity contribution >= 4 is 15.8 Å². The van der Waals surface area contributed by atoms with Gasteiger partial charge in [-0.1, -0.05) is 18.2 Å². The van der Waals surface area contributed by atoms with Gasteiger partial charge < -0.3 is 9.47 Å². The molecule has 1 aromatic heterocycles. The number of rotatable bonds is 5. The molecule has 126 valence electrons. The summed E-state index contributed by atoms with van der Waals surface area (Å²) in [5.74, 6) is -0.310. The van der Waals surface area contributed by atoms with Crippen molar-refractivity contribution in [3.05, 3.63) is 66.5 Å².